The van der Waals surface area contributed by atoms with Crippen LogP contribution >= 0.6 is 11.6 Å². The summed E-state index contributed by atoms with van der Waals surface area (Å²) in [5.74, 6) is -0.109. The molecule has 0 aliphatic carbocycles. The SMILES string of the molecule is Cc1cc(C(=O)NCC(C)(C)C)cc(Cl)n1. The van der Waals surface area contributed by atoms with Crippen molar-refractivity contribution in [3.05, 3.63) is 28.5 Å². The average molecular weight is 241 g/mol. The maximum atomic E-state index is 11.8. The molecule has 0 aliphatic heterocycles. The second kappa shape index (κ2) is 4.83. The zero-order valence-corrected chi connectivity index (χ0v) is 10.9. The first-order valence-electron chi connectivity index (χ1n) is 5.20. The van der Waals surface area contributed by atoms with Gasteiger partial charge in [0.2, 0.25) is 0 Å². The van der Waals surface area contributed by atoms with Gasteiger partial charge in [-0.25, -0.2) is 4.98 Å². The van der Waals surface area contributed by atoms with Crippen molar-refractivity contribution in [2.24, 2.45) is 5.41 Å². The summed E-state index contributed by atoms with van der Waals surface area (Å²) in [6.45, 7) is 8.64. The summed E-state index contributed by atoms with van der Waals surface area (Å²) in [7, 11) is 0. The third kappa shape index (κ3) is 4.19. The molecule has 0 radical (unpaired) electrons. The highest BCUT2D eigenvalue weighted by atomic mass is 35.5. The van der Waals surface area contributed by atoms with E-state index < -0.39 is 0 Å². The number of aromatic nitrogens is 1. The van der Waals surface area contributed by atoms with Crippen molar-refractivity contribution in [3.8, 4) is 0 Å². The van der Waals surface area contributed by atoms with Crippen LogP contribution in [0.15, 0.2) is 12.1 Å². The molecule has 0 aromatic carbocycles. The van der Waals surface area contributed by atoms with E-state index in [0.29, 0.717) is 17.3 Å². The molecule has 1 amide bonds. The van der Waals surface area contributed by atoms with E-state index in [1.807, 2.05) is 6.92 Å². The topological polar surface area (TPSA) is 42.0 Å². The number of aryl methyl sites for hydroxylation is 1. The number of carbonyl (C=O) groups is 1. The van der Waals surface area contributed by atoms with Gasteiger partial charge in [0.1, 0.15) is 5.15 Å². The fourth-order valence-corrected chi connectivity index (χ4v) is 1.46. The van der Waals surface area contributed by atoms with Crippen molar-refractivity contribution in [2.75, 3.05) is 6.54 Å². The summed E-state index contributed by atoms with van der Waals surface area (Å²) in [5.41, 5.74) is 1.37. The number of hydrogen-bond donors (Lipinski definition) is 1. The van der Waals surface area contributed by atoms with Gasteiger partial charge in [-0.2, -0.15) is 0 Å². The molecule has 1 rings (SSSR count). The molecule has 16 heavy (non-hydrogen) atoms. The van der Waals surface area contributed by atoms with E-state index in [-0.39, 0.29) is 11.3 Å². The normalized spacial score (nSPS) is 11.3. The Hall–Kier alpha value is -1.09. The van der Waals surface area contributed by atoms with Crippen LogP contribution in [-0.4, -0.2) is 17.4 Å². The van der Waals surface area contributed by atoms with Crippen LogP contribution in [0, 0.1) is 12.3 Å². The Morgan fingerprint density at radius 3 is 2.56 bits per heavy atom. The summed E-state index contributed by atoms with van der Waals surface area (Å²) in [5, 5.41) is 3.22. The average Bonchev–Trinajstić information content (AvgIpc) is 2.11. The minimum atomic E-state index is -0.109. The highest BCUT2D eigenvalue weighted by Gasteiger charge is 2.13. The molecule has 0 saturated carbocycles. The second-order valence-electron chi connectivity index (χ2n) is 5.06. The predicted octanol–water partition coefficient (Wildman–Crippen LogP) is 2.82. The van der Waals surface area contributed by atoms with Crippen LogP contribution in [0.25, 0.3) is 0 Å². The standard InChI is InChI=1S/C12H17ClN2O/c1-8-5-9(6-10(13)15-8)11(16)14-7-12(2,3)4/h5-6H,7H2,1-4H3,(H,14,16). The highest BCUT2D eigenvalue weighted by molar-refractivity contribution is 6.29. The molecule has 1 aromatic heterocycles. The monoisotopic (exact) mass is 240 g/mol. The molecule has 3 nitrogen and oxygen atoms in total. The maximum Gasteiger partial charge on any atom is 0.251 e. The van der Waals surface area contributed by atoms with Crippen LogP contribution in [0.1, 0.15) is 36.8 Å². The van der Waals surface area contributed by atoms with Crippen LogP contribution in [0.3, 0.4) is 0 Å². The number of nitrogens with zero attached hydrogens (tertiary/aromatic N) is 1. The zero-order chi connectivity index (χ0) is 12.3. The lowest BCUT2D eigenvalue weighted by Crippen LogP contribution is -2.32. The van der Waals surface area contributed by atoms with Crippen molar-refractivity contribution >= 4 is 17.5 Å². The maximum absolute atomic E-state index is 11.8. The van der Waals surface area contributed by atoms with Gasteiger partial charge in [-0.3, -0.25) is 4.79 Å². The summed E-state index contributed by atoms with van der Waals surface area (Å²) in [6.07, 6.45) is 0. The minimum Gasteiger partial charge on any atom is -0.352 e. The van der Waals surface area contributed by atoms with Gasteiger partial charge in [0.25, 0.3) is 5.91 Å². The molecule has 0 atom stereocenters. The largest absolute Gasteiger partial charge is 0.352 e. The molecule has 1 aromatic rings. The van der Waals surface area contributed by atoms with E-state index in [1.54, 1.807) is 12.1 Å². The Kier molecular flexibility index (Phi) is 3.92. The molecule has 0 fully saturated rings. The number of nitrogens with one attached hydrogen (secondary N) is 1. The number of rotatable bonds is 2. The first-order chi connectivity index (χ1) is 7.28. The molecule has 0 saturated heterocycles. The summed E-state index contributed by atoms with van der Waals surface area (Å²) < 4.78 is 0. The van der Waals surface area contributed by atoms with E-state index in [9.17, 15) is 4.79 Å². The Bertz CT molecular complexity index is 376. The Labute approximate surface area is 101 Å². The lowest BCUT2D eigenvalue weighted by molar-refractivity contribution is 0.0939. The van der Waals surface area contributed by atoms with E-state index in [0.717, 1.165) is 5.69 Å². The van der Waals surface area contributed by atoms with Gasteiger partial charge < -0.3 is 5.32 Å². The van der Waals surface area contributed by atoms with Crippen LogP contribution in [0.2, 0.25) is 5.15 Å². The molecule has 0 bridgehead atoms. The predicted molar refractivity (Wildman–Crippen MR) is 65.8 cm³/mol. The summed E-state index contributed by atoms with van der Waals surface area (Å²) in [6, 6.07) is 3.30. The number of carbonyl (C=O) groups excluding carboxylic acids is 1. The molecule has 0 aliphatic rings. The van der Waals surface area contributed by atoms with Gasteiger partial charge in [-0.05, 0) is 24.5 Å². The van der Waals surface area contributed by atoms with Crippen LogP contribution in [0.4, 0.5) is 0 Å². The van der Waals surface area contributed by atoms with Crippen LogP contribution in [-0.2, 0) is 0 Å². The van der Waals surface area contributed by atoms with Gasteiger partial charge in [-0.15, -0.1) is 0 Å². The molecule has 0 unspecified atom stereocenters. The first-order valence-corrected chi connectivity index (χ1v) is 5.58. The molecule has 0 spiro atoms. The molecule has 88 valence electrons. The van der Waals surface area contributed by atoms with Crippen molar-refractivity contribution < 1.29 is 4.79 Å². The number of hydrogen-bond acceptors (Lipinski definition) is 2. The molecule has 1 heterocycles. The first kappa shape index (κ1) is 13.0. The van der Waals surface area contributed by atoms with Crippen LogP contribution in [0.5, 0.6) is 0 Å². The van der Waals surface area contributed by atoms with Gasteiger partial charge in [0, 0.05) is 17.8 Å². The van der Waals surface area contributed by atoms with E-state index in [2.05, 4.69) is 31.1 Å². The highest BCUT2D eigenvalue weighted by Crippen LogP contribution is 2.13. The Balaban J connectivity index is 2.73. The fraction of sp³-hybridized carbons (Fsp3) is 0.500. The smallest absolute Gasteiger partial charge is 0.251 e. The van der Waals surface area contributed by atoms with Gasteiger partial charge in [0.15, 0.2) is 0 Å². The lowest BCUT2D eigenvalue weighted by Gasteiger charge is -2.18. The van der Waals surface area contributed by atoms with Gasteiger partial charge in [0.05, 0.1) is 0 Å². The number of halogens is 1. The van der Waals surface area contributed by atoms with Gasteiger partial charge >= 0.3 is 0 Å². The van der Waals surface area contributed by atoms with E-state index in [1.165, 1.54) is 0 Å². The molecular weight excluding hydrogens is 224 g/mol. The third-order valence-corrected chi connectivity index (χ3v) is 2.16. The summed E-state index contributed by atoms with van der Waals surface area (Å²) >= 11 is 5.79. The molecule has 4 heteroatoms. The van der Waals surface area contributed by atoms with Crippen LogP contribution < -0.4 is 5.32 Å². The fourth-order valence-electron chi connectivity index (χ4n) is 1.21. The minimum absolute atomic E-state index is 0.0710. The summed E-state index contributed by atoms with van der Waals surface area (Å²) in [4.78, 5) is 15.8. The lowest BCUT2D eigenvalue weighted by atomic mass is 9.97. The third-order valence-electron chi connectivity index (χ3n) is 1.96. The van der Waals surface area contributed by atoms with Crippen molar-refractivity contribution in [3.63, 3.8) is 0 Å². The van der Waals surface area contributed by atoms with Crippen molar-refractivity contribution in [1.82, 2.24) is 10.3 Å². The Morgan fingerprint density at radius 2 is 2.06 bits per heavy atom. The number of amides is 1. The molecule has 1 N–H and O–H groups in total. The van der Waals surface area contributed by atoms with Crippen molar-refractivity contribution in [1.29, 1.82) is 0 Å². The van der Waals surface area contributed by atoms with E-state index >= 15 is 0 Å². The second-order valence-corrected chi connectivity index (χ2v) is 5.45. The quantitative estimate of drug-likeness (QED) is 0.808. The number of pyridine rings is 1. The molecular formula is C12H17ClN2O. The van der Waals surface area contributed by atoms with Crippen molar-refractivity contribution in [2.45, 2.75) is 27.7 Å². The Morgan fingerprint density at radius 1 is 1.44 bits per heavy atom. The zero-order valence-electron chi connectivity index (χ0n) is 10.1. The van der Waals surface area contributed by atoms with Gasteiger partial charge in [-0.1, -0.05) is 32.4 Å². The van der Waals surface area contributed by atoms with E-state index in [4.69, 9.17) is 11.6 Å².